The molecule has 0 aliphatic heterocycles. The fourth-order valence-electron chi connectivity index (χ4n) is 1.59. The molecule has 0 unspecified atom stereocenters. The van der Waals surface area contributed by atoms with Gasteiger partial charge in [0.05, 0.1) is 5.56 Å². The van der Waals surface area contributed by atoms with Gasteiger partial charge in [-0.25, -0.2) is 4.39 Å². The summed E-state index contributed by atoms with van der Waals surface area (Å²) in [6.07, 6.45) is -3.27. The Morgan fingerprint density at radius 1 is 1.35 bits per heavy atom. The molecule has 0 aliphatic rings. The van der Waals surface area contributed by atoms with Crippen molar-refractivity contribution in [1.29, 1.82) is 0 Å². The van der Waals surface area contributed by atoms with E-state index in [1.807, 2.05) is 0 Å². The van der Waals surface area contributed by atoms with Gasteiger partial charge in [-0.15, -0.1) is 0 Å². The third-order valence-corrected chi connectivity index (χ3v) is 2.39. The molecule has 1 aromatic rings. The number of benzene rings is 1. The van der Waals surface area contributed by atoms with Crippen molar-refractivity contribution in [1.82, 2.24) is 0 Å². The molecule has 0 bridgehead atoms. The molecular weight excluding hydrogens is 234 g/mol. The van der Waals surface area contributed by atoms with E-state index in [9.17, 15) is 17.6 Å². The molecule has 0 aliphatic carbocycles. The molecular formula is C12H11F4N. The molecule has 0 saturated heterocycles. The van der Waals surface area contributed by atoms with Crippen molar-refractivity contribution in [3.63, 3.8) is 0 Å². The summed E-state index contributed by atoms with van der Waals surface area (Å²) in [4.78, 5) is 3.46. The molecule has 1 aromatic carbocycles. The van der Waals surface area contributed by atoms with Crippen molar-refractivity contribution in [2.45, 2.75) is 20.0 Å². The van der Waals surface area contributed by atoms with Gasteiger partial charge in [-0.2, -0.15) is 13.2 Å². The second-order valence-corrected chi connectivity index (χ2v) is 3.62. The monoisotopic (exact) mass is 245 g/mol. The van der Waals surface area contributed by atoms with Gasteiger partial charge in [0.2, 0.25) is 0 Å². The van der Waals surface area contributed by atoms with Crippen molar-refractivity contribution in [2.24, 2.45) is 4.99 Å². The van der Waals surface area contributed by atoms with Crippen molar-refractivity contribution in [3.8, 4) is 0 Å². The van der Waals surface area contributed by atoms with Crippen molar-refractivity contribution in [2.75, 3.05) is 0 Å². The second kappa shape index (κ2) is 4.69. The fraction of sp³-hybridized carbons (Fsp3) is 0.250. The largest absolute Gasteiger partial charge is 0.416 e. The van der Waals surface area contributed by atoms with Gasteiger partial charge in [0.15, 0.2) is 0 Å². The minimum absolute atomic E-state index is 0.0173. The molecule has 0 amide bonds. The maximum absolute atomic E-state index is 13.2. The van der Waals surface area contributed by atoms with Crippen LogP contribution >= 0.6 is 0 Å². The number of hydrogen-bond donors (Lipinski definition) is 0. The van der Waals surface area contributed by atoms with Gasteiger partial charge < -0.3 is 0 Å². The van der Waals surface area contributed by atoms with Crippen LogP contribution in [0, 0.1) is 12.7 Å². The van der Waals surface area contributed by atoms with E-state index in [0.717, 1.165) is 6.07 Å². The first-order valence-electron chi connectivity index (χ1n) is 4.77. The van der Waals surface area contributed by atoms with E-state index in [0.29, 0.717) is 11.6 Å². The quantitative estimate of drug-likeness (QED) is 0.546. The molecule has 0 N–H and O–H groups in total. The summed E-state index contributed by atoms with van der Waals surface area (Å²) >= 11 is 0. The highest BCUT2D eigenvalue weighted by molar-refractivity contribution is 5.68. The first kappa shape index (κ1) is 13.4. The number of nitrogens with zero attached hydrogens (tertiary/aromatic N) is 1. The summed E-state index contributed by atoms with van der Waals surface area (Å²) in [6.45, 7) is 6.06. The predicted molar refractivity (Wildman–Crippen MR) is 59.3 cm³/mol. The smallest absolute Gasteiger partial charge is 0.272 e. The maximum atomic E-state index is 13.2. The van der Waals surface area contributed by atoms with Gasteiger partial charge in [0.1, 0.15) is 5.82 Å². The summed E-state index contributed by atoms with van der Waals surface area (Å²) in [5, 5.41) is 0. The van der Waals surface area contributed by atoms with E-state index in [2.05, 4.69) is 11.7 Å². The van der Waals surface area contributed by atoms with E-state index in [1.54, 1.807) is 6.92 Å². The lowest BCUT2D eigenvalue weighted by atomic mass is 9.97. The van der Waals surface area contributed by atoms with Crippen LogP contribution in [0.4, 0.5) is 17.6 Å². The molecule has 5 heteroatoms. The normalized spacial score (nSPS) is 12.7. The Bertz CT molecular complexity index is 472. The van der Waals surface area contributed by atoms with Crippen LogP contribution in [-0.4, -0.2) is 6.72 Å². The van der Waals surface area contributed by atoms with Gasteiger partial charge in [-0.05, 0) is 49.4 Å². The zero-order chi connectivity index (χ0) is 13.2. The first-order chi connectivity index (χ1) is 7.77. The molecule has 0 fully saturated rings. The van der Waals surface area contributed by atoms with Crippen LogP contribution in [0.2, 0.25) is 0 Å². The topological polar surface area (TPSA) is 12.4 Å². The molecule has 0 radical (unpaired) electrons. The summed E-state index contributed by atoms with van der Waals surface area (Å²) in [6, 6.07) is 1.55. The standard InChI is InChI=1S/C12H11F4N/c1-7(6-17-3)10-4-9(13)5-11(8(10)2)12(14,15)16/h4-6H,3H2,1-2H3/b7-6-. The number of aliphatic imine (C=N–C) groups is 1. The number of rotatable bonds is 2. The van der Waals surface area contributed by atoms with Crippen molar-refractivity contribution >= 4 is 12.3 Å². The van der Waals surface area contributed by atoms with Gasteiger partial charge >= 0.3 is 6.18 Å². The van der Waals surface area contributed by atoms with Gasteiger partial charge in [0, 0.05) is 6.20 Å². The summed E-state index contributed by atoms with van der Waals surface area (Å²) in [5.41, 5.74) is -0.368. The van der Waals surface area contributed by atoms with Crippen molar-refractivity contribution in [3.05, 3.63) is 40.8 Å². The first-order valence-corrected chi connectivity index (χ1v) is 4.77. The lowest BCUT2D eigenvalue weighted by Crippen LogP contribution is -2.09. The zero-order valence-electron chi connectivity index (χ0n) is 9.40. The zero-order valence-corrected chi connectivity index (χ0v) is 9.40. The van der Waals surface area contributed by atoms with Crippen LogP contribution in [0.15, 0.2) is 23.3 Å². The van der Waals surface area contributed by atoms with Gasteiger partial charge in [0.25, 0.3) is 0 Å². The van der Waals surface area contributed by atoms with Crippen LogP contribution in [0.1, 0.15) is 23.6 Å². The molecule has 0 heterocycles. The third kappa shape index (κ3) is 2.93. The van der Waals surface area contributed by atoms with Crippen LogP contribution in [-0.2, 0) is 6.18 Å². The van der Waals surface area contributed by atoms with Crippen LogP contribution < -0.4 is 0 Å². The lowest BCUT2D eigenvalue weighted by Gasteiger charge is -2.14. The van der Waals surface area contributed by atoms with E-state index in [4.69, 9.17) is 0 Å². The molecule has 0 saturated carbocycles. The summed E-state index contributed by atoms with van der Waals surface area (Å²) < 4.78 is 51.1. The lowest BCUT2D eigenvalue weighted by molar-refractivity contribution is -0.138. The molecule has 0 spiro atoms. The van der Waals surface area contributed by atoms with Gasteiger partial charge in [-0.1, -0.05) is 0 Å². The molecule has 1 rings (SSSR count). The Balaban J connectivity index is 3.49. The molecule has 17 heavy (non-hydrogen) atoms. The Kier molecular flexibility index (Phi) is 3.70. The van der Waals surface area contributed by atoms with Crippen LogP contribution in [0.5, 0.6) is 0 Å². The highest BCUT2D eigenvalue weighted by Gasteiger charge is 2.33. The fourth-order valence-corrected chi connectivity index (χ4v) is 1.59. The minimum atomic E-state index is -4.57. The number of alkyl halides is 3. The Morgan fingerprint density at radius 3 is 2.41 bits per heavy atom. The molecule has 0 aromatic heterocycles. The Hall–Kier alpha value is -1.65. The van der Waals surface area contributed by atoms with Crippen LogP contribution in [0.25, 0.3) is 5.57 Å². The molecule has 0 atom stereocenters. The second-order valence-electron chi connectivity index (χ2n) is 3.62. The maximum Gasteiger partial charge on any atom is 0.416 e. The van der Waals surface area contributed by atoms with E-state index < -0.39 is 17.6 Å². The average molecular weight is 245 g/mol. The predicted octanol–water partition coefficient (Wildman–Crippen LogP) is 4.21. The Labute approximate surface area is 96.5 Å². The number of halogens is 4. The Morgan fingerprint density at radius 2 is 1.94 bits per heavy atom. The molecule has 92 valence electrons. The van der Waals surface area contributed by atoms with E-state index in [1.165, 1.54) is 13.1 Å². The number of hydrogen-bond acceptors (Lipinski definition) is 1. The summed E-state index contributed by atoms with van der Waals surface area (Å²) in [5.74, 6) is -0.922. The minimum Gasteiger partial charge on any atom is -0.272 e. The van der Waals surface area contributed by atoms with Crippen LogP contribution in [0.3, 0.4) is 0 Å². The average Bonchev–Trinajstić information content (AvgIpc) is 2.19. The molecule has 1 nitrogen and oxygen atoms in total. The van der Waals surface area contributed by atoms with E-state index >= 15 is 0 Å². The number of allylic oxidation sites excluding steroid dienone is 1. The third-order valence-electron chi connectivity index (χ3n) is 2.39. The summed E-state index contributed by atoms with van der Waals surface area (Å²) in [7, 11) is 0. The highest BCUT2D eigenvalue weighted by Crippen LogP contribution is 2.35. The highest BCUT2D eigenvalue weighted by atomic mass is 19.4. The van der Waals surface area contributed by atoms with E-state index in [-0.39, 0.29) is 11.1 Å². The van der Waals surface area contributed by atoms with Gasteiger partial charge in [-0.3, -0.25) is 4.99 Å². The van der Waals surface area contributed by atoms with Crippen molar-refractivity contribution < 1.29 is 17.6 Å². The SMILES string of the molecule is C=N/C=C(/C)c1cc(F)cc(C(F)(F)F)c1C.